The Morgan fingerprint density at radius 3 is 2.27 bits per heavy atom. The van der Waals surface area contributed by atoms with Gasteiger partial charge in [-0.2, -0.15) is 0 Å². The Labute approximate surface area is 95.7 Å². The molecule has 1 rings (SSSR count). The Kier molecular flexibility index (Phi) is 4.59. The zero-order valence-electron chi connectivity index (χ0n) is 10.6. The monoisotopic (exact) mass is 220 g/mol. The summed E-state index contributed by atoms with van der Waals surface area (Å²) in [6.07, 6.45) is 4.02. The zero-order chi connectivity index (χ0) is 11.3. The number of unbranched alkanes of at least 4 members (excludes halogenated alkanes) is 1. The zero-order valence-corrected chi connectivity index (χ0v) is 11.6. The summed E-state index contributed by atoms with van der Waals surface area (Å²) in [7, 11) is -0.809. The molecular weight excluding hydrogens is 196 g/mol. The van der Waals surface area contributed by atoms with Gasteiger partial charge in [0.2, 0.25) is 0 Å². The minimum Gasteiger partial charge on any atom is -0.0695 e. The number of benzene rings is 1. The van der Waals surface area contributed by atoms with E-state index in [4.69, 9.17) is 0 Å². The van der Waals surface area contributed by atoms with Crippen molar-refractivity contribution >= 4 is 8.07 Å². The molecule has 0 aliphatic carbocycles. The lowest BCUT2D eigenvalue weighted by Gasteiger charge is -2.15. The first-order valence-corrected chi connectivity index (χ1v) is 9.74. The van der Waals surface area contributed by atoms with Crippen LogP contribution in [-0.2, 0) is 6.42 Å². The van der Waals surface area contributed by atoms with E-state index in [0.29, 0.717) is 0 Å². The largest absolute Gasteiger partial charge is 0.0695 e. The molecule has 0 saturated heterocycles. The Balaban J connectivity index is 2.30. The van der Waals surface area contributed by atoms with Crippen molar-refractivity contribution in [3.05, 3.63) is 35.4 Å². The molecule has 0 aliphatic heterocycles. The molecule has 1 aromatic carbocycles. The van der Waals surface area contributed by atoms with Gasteiger partial charge in [-0.25, -0.2) is 0 Å². The first-order chi connectivity index (χ1) is 6.99. The minimum atomic E-state index is -0.809. The standard InChI is InChI=1S/C14H24Si/c1-13-9-5-6-10-14(13)11-7-8-12-15(2,3)4/h5-6,9-10H,7-8,11-12H2,1-4H3. The minimum absolute atomic E-state index is 0.809. The van der Waals surface area contributed by atoms with Crippen molar-refractivity contribution in [3.63, 3.8) is 0 Å². The molecule has 0 bridgehead atoms. The molecule has 0 nitrogen and oxygen atoms in total. The number of hydrogen-bond acceptors (Lipinski definition) is 0. The highest BCUT2D eigenvalue weighted by molar-refractivity contribution is 6.76. The van der Waals surface area contributed by atoms with Crippen LogP contribution in [0.3, 0.4) is 0 Å². The summed E-state index contributed by atoms with van der Waals surface area (Å²) in [5.41, 5.74) is 2.98. The molecule has 0 saturated carbocycles. The van der Waals surface area contributed by atoms with E-state index in [0.717, 1.165) is 0 Å². The van der Waals surface area contributed by atoms with Gasteiger partial charge in [-0.1, -0.05) is 56.4 Å². The summed E-state index contributed by atoms with van der Waals surface area (Å²) in [4.78, 5) is 0. The summed E-state index contributed by atoms with van der Waals surface area (Å²) in [6.45, 7) is 9.59. The first-order valence-electron chi connectivity index (χ1n) is 6.03. The van der Waals surface area contributed by atoms with Crippen LogP contribution in [0.2, 0.25) is 25.7 Å². The van der Waals surface area contributed by atoms with Crippen LogP contribution >= 0.6 is 0 Å². The average molecular weight is 220 g/mol. The van der Waals surface area contributed by atoms with Gasteiger partial charge in [0.15, 0.2) is 0 Å². The van der Waals surface area contributed by atoms with E-state index in [1.54, 1.807) is 0 Å². The molecule has 1 aromatic rings. The van der Waals surface area contributed by atoms with Crippen molar-refractivity contribution in [2.45, 2.75) is 51.9 Å². The number of hydrogen-bond donors (Lipinski definition) is 0. The molecular formula is C14H24Si. The van der Waals surface area contributed by atoms with Gasteiger partial charge in [0.1, 0.15) is 0 Å². The molecule has 0 amide bonds. The summed E-state index contributed by atoms with van der Waals surface area (Å²) in [5.74, 6) is 0. The molecule has 1 heteroatoms. The highest BCUT2D eigenvalue weighted by Gasteiger charge is 2.11. The lowest BCUT2D eigenvalue weighted by molar-refractivity contribution is 0.781. The van der Waals surface area contributed by atoms with Crippen LogP contribution in [0.4, 0.5) is 0 Å². The van der Waals surface area contributed by atoms with Crippen LogP contribution in [-0.4, -0.2) is 8.07 Å². The highest BCUT2D eigenvalue weighted by atomic mass is 28.3. The predicted molar refractivity (Wildman–Crippen MR) is 72.3 cm³/mol. The van der Waals surface area contributed by atoms with Crippen molar-refractivity contribution in [2.24, 2.45) is 0 Å². The number of aryl methyl sites for hydroxylation is 2. The Hall–Kier alpha value is -0.563. The quantitative estimate of drug-likeness (QED) is 0.500. The second-order valence-electron chi connectivity index (χ2n) is 5.69. The maximum atomic E-state index is 2.46. The molecule has 0 N–H and O–H groups in total. The Morgan fingerprint density at radius 1 is 1.00 bits per heavy atom. The highest BCUT2D eigenvalue weighted by Crippen LogP contribution is 2.16. The summed E-state index contributed by atoms with van der Waals surface area (Å²) in [6, 6.07) is 10.2. The lowest BCUT2D eigenvalue weighted by atomic mass is 10.0. The van der Waals surface area contributed by atoms with Crippen molar-refractivity contribution in [3.8, 4) is 0 Å². The topological polar surface area (TPSA) is 0 Å². The van der Waals surface area contributed by atoms with Gasteiger partial charge in [-0.05, 0) is 30.9 Å². The third-order valence-corrected chi connectivity index (χ3v) is 4.74. The molecule has 0 aromatic heterocycles. The van der Waals surface area contributed by atoms with Crippen molar-refractivity contribution in [1.82, 2.24) is 0 Å². The van der Waals surface area contributed by atoms with Gasteiger partial charge in [0, 0.05) is 8.07 Å². The third-order valence-electron chi connectivity index (χ3n) is 2.88. The van der Waals surface area contributed by atoms with Crippen LogP contribution in [0.15, 0.2) is 24.3 Å². The fourth-order valence-corrected chi connectivity index (χ4v) is 3.17. The van der Waals surface area contributed by atoms with E-state index >= 15 is 0 Å². The molecule has 0 aliphatic rings. The Morgan fingerprint density at radius 2 is 1.67 bits per heavy atom. The maximum Gasteiger partial charge on any atom is 0.0442 e. The van der Waals surface area contributed by atoms with Crippen molar-refractivity contribution in [2.75, 3.05) is 0 Å². The van der Waals surface area contributed by atoms with Gasteiger partial charge in [0.05, 0.1) is 0 Å². The van der Waals surface area contributed by atoms with Crippen LogP contribution in [0.25, 0.3) is 0 Å². The first kappa shape index (κ1) is 12.5. The van der Waals surface area contributed by atoms with Gasteiger partial charge >= 0.3 is 0 Å². The maximum absolute atomic E-state index is 2.46. The summed E-state index contributed by atoms with van der Waals surface area (Å²) in [5, 5.41) is 0. The third kappa shape index (κ3) is 5.17. The van der Waals surface area contributed by atoms with Crippen LogP contribution in [0, 0.1) is 6.92 Å². The molecule has 15 heavy (non-hydrogen) atoms. The Bertz CT molecular complexity index is 296. The van der Waals surface area contributed by atoms with Crippen molar-refractivity contribution in [1.29, 1.82) is 0 Å². The molecule has 84 valence electrons. The van der Waals surface area contributed by atoms with Crippen LogP contribution < -0.4 is 0 Å². The lowest BCUT2D eigenvalue weighted by Crippen LogP contribution is -2.18. The van der Waals surface area contributed by atoms with Crippen molar-refractivity contribution < 1.29 is 0 Å². The fraction of sp³-hybridized carbons (Fsp3) is 0.571. The van der Waals surface area contributed by atoms with E-state index in [1.165, 1.54) is 36.4 Å². The summed E-state index contributed by atoms with van der Waals surface area (Å²) >= 11 is 0. The second-order valence-corrected chi connectivity index (χ2v) is 11.3. The van der Waals surface area contributed by atoms with E-state index < -0.39 is 8.07 Å². The molecule has 0 heterocycles. The second kappa shape index (κ2) is 5.50. The van der Waals surface area contributed by atoms with E-state index in [-0.39, 0.29) is 0 Å². The van der Waals surface area contributed by atoms with Gasteiger partial charge in [-0.3, -0.25) is 0 Å². The van der Waals surface area contributed by atoms with Gasteiger partial charge in [0.25, 0.3) is 0 Å². The van der Waals surface area contributed by atoms with Gasteiger partial charge < -0.3 is 0 Å². The molecule has 0 spiro atoms. The molecule has 0 radical (unpaired) electrons. The van der Waals surface area contributed by atoms with Gasteiger partial charge in [-0.15, -0.1) is 0 Å². The normalized spacial score (nSPS) is 11.7. The van der Waals surface area contributed by atoms with Crippen LogP contribution in [0.5, 0.6) is 0 Å². The smallest absolute Gasteiger partial charge is 0.0442 e. The average Bonchev–Trinajstić information content (AvgIpc) is 2.13. The van der Waals surface area contributed by atoms with E-state index in [9.17, 15) is 0 Å². The van der Waals surface area contributed by atoms with E-state index in [2.05, 4.69) is 50.8 Å². The number of rotatable bonds is 5. The molecule has 0 fully saturated rings. The molecule has 0 unspecified atom stereocenters. The predicted octanol–water partition coefficient (Wildman–Crippen LogP) is 4.66. The summed E-state index contributed by atoms with van der Waals surface area (Å²) < 4.78 is 0. The fourth-order valence-electron chi connectivity index (χ4n) is 1.86. The van der Waals surface area contributed by atoms with Crippen LogP contribution in [0.1, 0.15) is 24.0 Å². The molecule has 0 atom stereocenters. The van der Waals surface area contributed by atoms with E-state index in [1.807, 2.05) is 0 Å². The SMILES string of the molecule is Cc1ccccc1CCCC[Si](C)(C)C.